The van der Waals surface area contributed by atoms with Crippen molar-refractivity contribution in [3.63, 3.8) is 0 Å². The van der Waals surface area contributed by atoms with E-state index in [1.54, 1.807) is 24.4 Å². The maximum Gasteiger partial charge on any atom is 0.0731 e. The highest BCUT2D eigenvalue weighted by atomic mass is 35.5. The number of nitrogens with zero attached hydrogens (tertiary/aromatic N) is 1. The van der Waals surface area contributed by atoms with Crippen LogP contribution in [0, 0.1) is 0 Å². The number of fused-ring (bicyclic) bond motifs is 1. The van der Waals surface area contributed by atoms with Gasteiger partial charge in [-0.1, -0.05) is 37.0 Å². The third kappa shape index (κ3) is 2.37. The van der Waals surface area contributed by atoms with Crippen molar-refractivity contribution in [2.24, 2.45) is 0 Å². The molecule has 0 radical (unpaired) electrons. The van der Waals surface area contributed by atoms with Gasteiger partial charge in [0.15, 0.2) is 0 Å². The first-order valence-electron chi connectivity index (χ1n) is 4.47. The van der Waals surface area contributed by atoms with Gasteiger partial charge in [0.25, 0.3) is 0 Å². The molecule has 0 amide bonds. The first-order valence-corrected chi connectivity index (χ1v) is 5.23. The molecule has 1 heterocycles. The van der Waals surface area contributed by atoms with Crippen LogP contribution < -0.4 is 0 Å². The lowest BCUT2D eigenvalue weighted by atomic mass is 10.2. The summed E-state index contributed by atoms with van der Waals surface area (Å²) in [5.74, 6) is 0. The summed E-state index contributed by atoms with van der Waals surface area (Å²) in [5, 5.41) is 2.32. The van der Waals surface area contributed by atoms with E-state index in [-0.39, 0.29) is 0 Å². The molecule has 0 bridgehead atoms. The molecule has 1 aromatic heterocycles. The van der Waals surface area contributed by atoms with Crippen molar-refractivity contribution >= 4 is 34.1 Å². The summed E-state index contributed by atoms with van der Waals surface area (Å²) in [7, 11) is 0. The van der Waals surface area contributed by atoms with Crippen molar-refractivity contribution in [1.82, 2.24) is 4.98 Å². The Kier molecular flexibility index (Phi) is 4.18. The molecular formula is C11H11Cl2N. The molecule has 0 atom stereocenters. The lowest BCUT2D eigenvalue weighted by Crippen LogP contribution is -1.78. The van der Waals surface area contributed by atoms with Crippen molar-refractivity contribution in [2.75, 3.05) is 0 Å². The van der Waals surface area contributed by atoms with Crippen molar-refractivity contribution in [3.8, 4) is 0 Å². The first-order chi connectivity index (χ1) is 6.77. The van der Waals surface area contributed by atoms with E-state index in [1.807, 2.05) is 19.9 Å². The van der Waals surface area contributed by atoms with Gasteiger partial charge in [0.1, 0.15) is 0 Å². The molecule has 0 N–H and O–H groups in total. The van der Waals surface area contributed by atoms with Crippen LogP contribution in [0.2, 0.25) is 10.0 Å². The second-order valence-electron chi connectivity index (χ2n) is 2.45. The molecular weight excluding hydrogens is 217 g/mol. The van der Waals surface area contributed by atoms with Gasteiger partial charge in [-0.05, 0) is 24.3 Å². The summed E-state index contributed by atoms with van der Waals surface area (Å²) in [5.41, 5.74) is 0.829. The molecule has 0 saturated heterocycles. The minimum absolute atomic E-state index is 0.678. The van der Waals surface area contributed by atoms with Crippen molar-refractivity contribution in [1.29, 1.82) is 0 Å². The standard InChI is InChI=1S/C9H5Cl2N.C2H6/c10-6-1-2-7-8(11)3-4-12-9(7)5-6;1-2/h1-5H;1-2H3. The maximum absolute atomic E-state index is 5.93. The quantitative estimate of drug-likeness (QED) is 0.643. The predicted molar refractivity (Wildman–Crippen MR) is 63.1 cm³/mol. The third-order valence-corrected chi connectivity index (χ3v) is 2.22. The number of rotatable bonds is 0. The van der Waals surface area contributed by atoms with Gasteiger partial charge in [0.05, 0.1) is 10.5 Å². The number of halogens is 2. The number of benzene rings is 1. The Labute approximate surface area is 93.7 Å². The second kappa shape index (κ2) is 5.18. The highest BCUT2D eigenvalue weighted by Crippen LogP contribution is 2.23. The summed E-state index contributed by atoms with van der Waals surface area (Å²) < 4.78 is 0. The smallest absolute Gasteiger partial charge is 0.0731 e. The highest BCUT2D eigenvalue weighted by Gasteiger charge is 1.98. The summed E-state index contributed by atoms with van der Waals surface area (Å²) in [6, 6.07) is 7.23. The molecule has 14 heavy (non-hydrogen) atoms. The Morgan fingerprint density at radius 3 is 2.50 bits per heavy atom. The van der Waals surface area contributed by atoms with Crippen molar-refractivity contribution < 1.29 is 0 Å². The lowest BCUT2D eigenvalue weighted by Gasteiger charge is -1.98. The van der Waals surface area contributed by atoms with Crippen LogP contribution in [-0.2, 0) is 0 Å². The van der Waals surface area contributed by atoms with E-state index >= 15 is 0 Å². The Hall–Kier alpha value is -0.790. The van der Waals surface area contributed by atoms with Crippen LogP contribution in [0.5, 0.6) is 0 Å². The van der Waals surface area contributed by atoms with Gasteiger partial charge in [0.2, 0.25) is 0 Å². The summed E-state index contributed by atoms with van der Waals surface area (Å²) >= 11 is 11.7. The average Bonchev–Trinajstić information content (AvgIpc) is 2.21. The van der Waals surface area contributed by atoms with Crippen LogP contribution >= 0.6 is 23.2 Å². The zero-order valence-electron chi connectivity index (χ0n) is 8.09. The van der Waals surface area contributed by atoms with Gasteiger partial charge in [-0.2, -0.15) is 0 Å². The molecule has 1 aromatic carbocycles. The molecule has 1 nitrogen and oxygen atoms in total. The predicted octanol–water partition coefficient (Wildman–Crippen LogP) is 4.57. The molecule has 0 saturated carbocycles. The minimum Gasteiger partial charge on any atom is -0.256 e. The number of aromatic nitrogens is 1. The molecule has 0 spiro atoms. The van der Waals surface area contributed by atoms with Gasteiger partial charge < -0.3 is 0 Å². The Balaban J connectivity index is 0.000000461. The molecule has 0 aliphatic carbocycles. The minimum atomic E-state index is 0.678. The molecule has 3 heteroatoms. The molecule has 2 aromatic rings. The van der Waals surface area contributed by atoms with E-state index < -0.39 is 0 Å². The van der Waals surface area contributed by atoms with E-state index in [1.165, 1.54) is 0 Å². The fraction of sp³-hybridized carbons (Fsp3) is 0.182. The topological polar surface area (TPSA) is 12.9 Å². The Morgan fingerprint density at radius 2 is 1.79 bits per heavy atom. The monoisotopic (exact) mass is 227 g/mol. The maximum atomic E-state index is 5.93. The number of pyridine rings is 1. The molecule has 74 valence electrons. The van der Waals surface area contributed by atoms with Crippen LogP contribution in [0.4, 0.5) is 0 Å². The first kappa shape index (κ1) is 11.3. The van der Waals surface area contributed by atoms with Crippen molar-refractivity contribution in [2.45, 2.75) is 13.8 Å². The van der Waals surface area contributed by atoms with E-state index in [9.17, 15) is 0 Å². The van der Waals surface area contributed by atoms with Crippen LogP contribution in [0.15, 0.2) is 30.5 Å². The van der Waals surface area contributed by atoms with Gasteiger partial charge in [-0.15, -0.1) is 0 Å². The van der Waals surface area contributed by atoms with E-state index in [2.05, 4.69) is 4.98 Å². The van der Waals surface area contributed by atoms with Crippen molar-refractivity contribution in [3.05, 3.63) is 40.5 Å². The van der Waals surface area contributed by atoms with Gasteiger partial charge in [-0.3, -0.25) is 4.98 Å². The summed E-state index contributed by atoms with van der Waals surface area (Å²) in [6.07, 6.45) is 1.67. The zero-order valence-corrected chi connectivity index (χ0v) is 9.60. The Bertz CT molecular complexity index is 427. The van der Waals surface area contributed by atoms with Crippen LogP contribution in [0.3, 0.4) is 0 Å². The van der Waals surface area contributed by atoms with Gasteiger partial charge in [-0.25, -0.2) is 0 Å². The van der Waals surface area contributed by atoms with E-state index in [4.69, 9.17) is 23.2 Å². The zero-order chi connectivity index (χ0) is 10.6. The summed E-state index contributed by atoms with van der Waals surface area (Å²) in [4.78, 5) is 4.13. The van der Waals surface area contributed by atoms with Crippen LogP contribution in [-0.4, -0.2) is 4.98 Å². The molecule has 0 aliphatic rings. The van der Waals surface area contributed by atoms with E-state index in [0.717, 1.165) is 10.9 Å². The molecule has 0 fully saturated rings. The highest BCUT2D eigenvalue weighted by molar-refractivity contribution is 6.36. The average molecular weight is 228 g/mol. The lowest BCUT2D eigenvalue weighted by molar-refractivity contribution is 1.41. The largest absolute Gasteiger partial charge is 0.256 e. The van der Waals surface area contributed by atoms with Gasteiger partial charge in [0, 0.05) is 16.6 Å². The van der Waals surface area contributed by atoms with E-state index in [0.29, 0.717) is 10.0 Å². The third-order valence-electron chi connectivity index (χ3n) is 1.65. The second-order valence-corrected chi connectivity index (χ2v) is 3.30. The fourth-order valence-electron chi connectivity index (χ4n) is 1.09. The fourth-order valence-corrected chi connectivity index (χ4v) is 1.47. The van der Waals surface area contributed by atoms with Crippen LogP contribution in [0.25, 0.3) is 10.9 Å². The number of hydrogen-bond donors (Lipinski definition) is 0. The van der Waals surface area contributed by atoms with Gasteiger partial charge >= 0.3 is 0 Å². The SMILES string of the molecule is CC.Clc1ccc2c(Cl)ccnc2c1. The molecule has 0 unspecified atom stereocenters. The number of hydrogen-bond acceptors (Lipinski definition) is 1. The molecule has 2 rings (SSSR count). The molecule has 0 aliphatic heterocycles. The Morgan fingerprint density at radius 1 is 1.07 bits per heavy atom. The normalized spacial score (nSPS) is 9.43. The van der Waals surface area contributed by atoms with Crippen LogP contribution in [0.1, 0.15) is 13.8 Å². The summed E-state index contributed by atoms with van der Waals surface area (Å²) in [6.45, 7) is 4.00.